The minimum Gasteiger partial charge on any atom is -0.493 e. The van der Waals surface area contributed by atoms with Crippen molar-refractivity contribution in [1.82, 2.24) is 0 Å². The number of ether oxygens (including phenoxy) is 7. The van der Waals surface area contributed by atoms with Crippen LogP contribution >= 0.6 is 0 Å². The maximum atomic E-state index is 10.7. The van der Waals surface area contributed by atoms with Crippen LogP contribution < -0.4 is 18.9 Å². The minimum atomic E-state index is -0.685. The van der Waals surface area contributed by atoms with Gasteiger partial charge in [0.2, 0.25) is 0 Å². The molecule has 2 rings (SSSR count). The first-order valence-electron chi connectivity index (χ1n) is 9.47. The zero-order valence-corrected chi connectivity index (χ0v) is 17.9. The van der Waals surface area contributed by atoms with Gasteiger partial charge in [-0.25, -0.2) is 0 Å². The second kappa shape index (κ2) is 12.9. The van der Waals surface area contributed by atoms with Crippen molar-refractivity contribution in [2.75, 3.05) is 48.8 Å². The van der Waals surface area contributed by atoms with Gasteiger partial charge < -0.3 is 38.3 Å². The third-order valence-electron chi connectivity index (χ3n) is 4.31. The number of aliphatic hydroxyl groups is 1. The van der Waals surface area contributed by atoms with Gasteiger partial charge in [-0.2, -0.15) is 0 Å². The first-order chi connectivity index (χ1) is 14.6. The van der Waals surface area contributed by atoms with E-state index < -0.39 is 6.10 Å². The lowest BCUT2D eigenvalue weighted by Gasteiger charge is -2.17. The Hall–Kier alpha value is -2.52. The van der Waals surface area contributed by atoms with Crippen molar-refractivity contribution in [2.45, 2.75) is 18.9 Å². The Bertz CT molecular complexity index is 765. The summed E-state index contributed by atoms with van der Waals surface area (Å²) in [5.74, 6) is 2.35. The SMILES string of the molecule is COCOc1ccc(CCC(O)c2ccc(OCOC)c(OC)c2)c(OCOC)c1. The van der Waals surface area contributed by atoms with Gasteiger partial charge in [0.25, 0.3) is 0 Å². The maximum absolute atomic E-state index is 10.7. The maximum Gasteiger partial charge on any atom is 0.188 e. The molecule has 0 amide bonds. The predicted octanol–water partition coefficient (Wildman–Crippen LogP) is 3.31. The minimum absolute atomic E-state index is 0.115. The Balaban J connectivity index is 2.07. The average Bonchev–Trinajstić information content (AvgIpc) is 2.78. The quantitative estimate of drug-likeness (QED) is 0.464. The van der Waals surface area contributed by atoms with E-state index in [1.165, 1.54) is 0 Å². The van der Waals surface area contributed by atoms with Crippen LogP contribution in [0.3, 0.4) is 0 Å². The van der Waals surface area contributed by atoms with Gasteiger partial charge in [0, 0.05) is 27.4 Å². The molecular weight excluding hydrogens is 392 g/mol. The van der Waals surface area contributed by atoms with Crippen LogP contribution in [0, 0.1) is 0 Å². The molecule has 0 aliphatic carbocycles. The zero-order valence-electron chi connectivity index (χ0n) is 17.9. The van der Waals surface area contributed by atoms with Crippen LogP contribution in [-0.2, 0) is 20.6 Å². The fourth-order valence-corrected chi connectivity index (χ4v) is 2.81. The first-order valence-corrected chi connectivity index (χ1v) is 9.47. The molecule has 8 nitrogen and oxygen atoms in total. The van der Waals surface area contributed by atoms with Crippen molar-refractivity contribution >= 4 is 0 Å². The van der Waals surface area contributed by atoms with Crippen LogP contribution in [0.5, 0.6) is 23.0 Å². The molecule has 8 heteroatoms. The van der Waals surface area contributed by atoms with Gasteiger partial charge in [-0.05, 0) is 42.2 Å². The predicted molar refractivity (Wildman–Crippen MR) is 110 cm³/mol. The van der Waals surface area contributed by atoms with E-state index in [1.54, 1.807) is 46.6 Å². The molecule has 0 saturated carbocycles. The fourth-order valence-electron chi connectivity index (χ4n) is 2.81. The van der Waals surface area contributed by atoms with Crippen LogP contribution in [0.2, 0.25) is 0 Å². The average molecular weight is 422 g/mol. The molecule has 30 heavy (non-hydrogen) atoms. The van der Waals surface area contributed by atoms with Crippen molar-refractivity contribution in [3.05, 3.63) is 47.5 Å². The van der Waals surface area contributed by atoms with Gasteiger partial charge >= 0.3 is 0 Å². The number of benzene rings is 2. The zero-order chi connectivity index (χ0) is 21.8. The summed E-state index contributed by atoms with van der Waals surface area (Å²) >= 11 is 0. The fraction of sp³-hybridized carbons (Fsp3) is 0.455. The Kier molecular flexibility index (Phi) is 10.2. The van der Waals surface area contributed by atoms with Crippen LogP contribution in [-0.4, -0.2) is 53.9 Å². The van der Waals surface area contributed by atoms with Crippen LogP contribution in [0.25, 0.3) is 0 Å². The molecule has 0 radical (unpaired) electrons. The molecule has 0 bridgehead atoms. The van der Waals surface area contributed by atoms with E-state index in [0.717, 1.165) is 11.1 Å². The van der Waals surface area contributed by atoms with Crippen molar-refractivity contribution in [3.8, 4) is 23.0 Å². The highest BCUT2D eigenvalue weighted by molar-refractivity contribution is 5.44. The van der Waals surface area contributed by atoms with Gasteiger partial charge in [-0.15, -0.1) is 0 Å². The third-order valence-corrected chi connectivity index (χ3v) is 4.31. The van der Waals surface area contributed by atoms with Crippen molar-refractivity contribution < 1.29 is 38.3 Å². The smallest absolute Gasteiger partial charge is 0.188 e. The Morgan fingerprint density at radius 2 is 1.40 bits per heavy atom. The van der Waals surface area contributed by atoms with E-state index in [1.807, 2.05) is 18.2 Å². The molecule has 1 unspecified atom stereocenters. The number of hydrogen-bond donors (Lipinski definition) is 1. The summed E-state index contributed by atoms with van der Waals surface area (Å²) in [5.41, 5.74) is 1.67. The van der Waals surface area contributed by atoms with Gasteiger partial charge in [-0.1, -0.05) is 12.1 Å². The van der Waals surface area contributed by atoms with Gasteiger partial charge in [-0.3, -0.25) is 0 Å². The Labute approximate surface area is 177 Å². The molecule has 0 heterocycles. The first kappa shape index (κ1) is 23.8. The topological polar surface area (TPSA) is 84.8 Å². The summed E-state index contributed by atoms with van der Waals surface area (Å²) in [6, 6.07) is 10.9. The molecule has 2 aromatic carbocycles. The summed E-state index contributed by atoms with van der Waals surface area (Å²) in [7, 11) is 6.22. The molecule has 0 saturated heterocycles. The van der Waals surface area contributed by atoms with E-state index >= 15 is 0 Å². The van der Waals surface area contributed by atoms with Crippen LogP contribution in [0.4, 0.5) is 0 Å². The van der Waals surface area contributed by atoms with Crippen molar-refractivity contribution in [1.29, 1.82) is 0 Å². The van der Waals surface area contributed by atoms with E-state index in [-0.39, 0.29) is 20.4 Å². The Morgan fingerprint density at radius 1 is 0.733 bits per heavy atom. The summed E-state index contributed by atoms with van der Waals surface area (Å²) in [6.45, 7) is 0.379. The van der Waals surface area contributed by atoms with Crippen molar-refractivity contribution in [3.63, 3.8) is 0 Å². The highest BCUT2D eigenvalue weighted by atomic mass is 16.7. The largest absolute Gasteiger partial charge is 0.493 e. The normalized spacial score (nSPS) is 11.8. The summed E-state index contributed by atoms with van der Waals surface area (Å²) < 4.78 is 36.8. The molecule has 2 aromatic rings. The van der Waals surface area contributed by atoms with E-state index in [0.29, 0.717) is 35.8 Å². The lowest BCUT2D eigenvalue weighted by molar-refractivity contribution is 0.0455. The molecular formula is C22H30O8. The van der Waals surface area contributed by atoms with Crippen LogP contribution in [0.1, 0.15) is 23.7 Å². The number of methoxy groups -OCH3 is 4. The van der Waals surface area contributed by atoms with Crippen LogP contribution in [0.15, 0.2) is 36.4 Å². The van der Waals surface area contributed by atoms with E-state index in [2.05, 4.69) is 0 Å². The number of rotatable bonds is 14. The molecule has 1 N–H and O–H groups in total. The number of hydrogen-bond acceptors (Lipinski definition) is 8. The summed E-state index contributed by atoms with van der Waals surface area (Å²) in [4.78, 5) is 0. The summed E-state index contributed by atoms with van der Waals surface area (Å²) in [6.07, 6.45) is 0.396. The monoisotopic (exact) mass is 422 g/mol. The number of aliphatic hydroxyl groups excluding tert-OH is 1. The lowest BCUT2D eigenvalue weighted by atomic mass is 10.00. The molecule has 0 aliphatic heterocycles. The third kappa shape index (κ3) is 7.07. The van der Waals surface area contributed by atoms with Gasteiger partial charge in [0.15, 0.2) is 31.9 Å². The highest BCUT2D eigenvalue weighted by Crippen LogP contribution is 2.33. The molecule has 166 valence electrons. The Morgan fingerprint density at radius 3 is 2.07 bits per heavy atom. The molecule has 0 spiro atoms. The van der Waals surface area contributed by atoms with Crippen molar-refractivity contribution in [2.24, 2.45) is 0 Å². The van der Waals surface area contributed by atoms with Gasteiger partial charge in [0.1, 0.15) is 11.5 Å². The molecule has 0 fully saturated rings. The lowest BCUT2D eigenvalue weighted by Crippen LogP contribution is -2.06. The molecule has 0 aliphatic rings. The molecule has 0 aromatic heterocycles. The van der Waals surface area contributed by atoms with E-state index in [9.17, 15) is 5.11 Å². The van der Waals surface area contributed by atoms with E-state index in [4.69, 9.17) is 33.2 Å². The molecule has 1 atom stereocenters. The standard InChI is InChI=1S/C22H30O8/c1-24-13-28-18-8-5-16(21(12-18)30-15-26-3)6-9-19(23)17-7-10-20(29-14-25-2)22(11-17)27-4/h5,7-8,10-12,19,23H,6,9,13-15H2,1-4H3. The second-order valence-corrected chi connectivity index (χ2v) is 6.39. The highest BCUT2D eigenvalue weighted by Gasteiger charge is 2.14. The van der Waals surface area contributed by atoms with Gasteiger partial charge in [0.05, 0.1) is 13.2 Å². The second-order valence-electron chi connectivity index (χ2n) is 6.39. The number of aryl methyl sites for hydroxylation is 1. The summed E-state index contributed by atoms with van der Waals surface area (Å²) in [5, 5.41) is 10.7.